The van der Waals surface area contributed by atoms with Crippen LogP contribution in [0.5, 0.6) is 0 Å². The number of hydrogen-bond donors (Lipinski definition) is 2. The number of nitrogens with one attached hydrogen (secondary N) is 2. The second kappa shape index (κ2) is 9.45. The van der Waals surface area contributed by atoms with Gasteiger partial charge in [0.05, 0.1) is 10.9 Å². The molecule has 8 heteroatoms. The highest BCUT2D eigenvalue weighted by molar-refractivity contribution is 7.89. The van der Waals surface area contributed by atoms with Gasteiger partial charge in [-0.25, -0.2) is 17.2 Å². The summed E-state index contributed by atoms with van der Waals surface area (Å²) in [4.78, 5) is 12.8. The van der Waals surface area contributed by atoms with E-state index in [1.165, 1.54) is 18.2 Å². The van der Waals surface area contributed by atoms with Gasteiger partial charge in [-0.3, -0.25) is 4.79 Å². The molecule has 0 spiro atoms. The number of hydrogen-bond acceptors (Lipinski definition) is 3. The monoisotopic (exact) mass is 424 g/mol. The van der Waals surface area contributed by atoms with Crippen molar-refractivity contribution in [3.63, 3.8) is 0 Å². The van der Waals surface area contributed by atoms with E-state index in [4.69, 9.17) is 0 Å². The Bertz CT molecular complexity index is 960. The molecule has 158 valence electrons. The lowest BCUT2D eigenvalue weighted by Crippen LogP contribution is -2.48. The summed E-state index contributed by atoms with van der Waals surface area (Å²) in [6, 6.07) is 7.59. The van der Waals surface area contributed by atoms with Crippen molar-refractivity contribution < 1.29 is 22.0 Å². The van der Waals surface area contributed by atoms with Crippen molar-refractivity contribution in [3.05, 3.63) is 65.2 Å². The van der Waals surface area contributed by atoms with Crippen molar-refractivity contribution in [2.75, 3.05) is 0 Å². The Morgan fingerprint density at radius 2 is 1.66 bits per heavy atom. The summed E-state index contributed by atoms with van der Waals surface area (Å²) in [6.07, 6.45) is 0.259. The van der Waals surface area contributed by atoms with Crippen LogP contribution in [0.25, 0.3) is 0 Å². The van der Waals surface area contributed by atoms with Crippen LogP contribution < -0.4 is 10.0 Å². The number of carbonyl (C=O) groups excluding carboxylic acids is 1. The van der Waals surface area contributed by atoms with Crippen LogP contribution in [0.2, 0.25) is 0 Å². The van der Waals surface area contributed by atoms with Gasteiger partial charge >= 0.3 is 0 Å². The Balaban J connectivity index is 2.20. The van der Waals surface area contributed by atoms with Crippen LogP contribution in [0, 0.1) is 24.5 Å². The fourth-order valence-corrected chi connectivity index (χ4v) is 4.11. The lowest BCUT2D eigenvalue weighted by molar-refractivity contribution is -0.123. The van der Waals surface area contributed by atoms with Crippen molar-refractivity contribution in [1.29, 1.82) is 0 Å². The Labute approximate surface area is 170 Å². The van der Waals surface area contributed by atoms with E-state index < -0.39 is 39.6 Å². The third kappa shape index (κ3) is 6.33. The van der Waals surface area contributed by atoms with Gasteiger partial charge in [-0.1, -0.05) is 37.6 Å². The molecule has 0 aromatic heterocycles. The molecule has 2 aromatic rings. The van der Waals surface area contributed by atoms with E-state index in [9.17, 15) is 22.0 Å². The summed E-state index contributed by atoms with van der Waals surface area (Å²) < 4.78 is 54.9. The molecule has 0 bridgehead atoms. The average molecular weight is 425 g/mol. The highest BCUT2D eigenvalue weighted by Gasteiger charge is 2.28. The fraction of sp³-hybridized carbons (Fsp3) is 0.381. The molecule has 0 radical (unpaired) electrons. The fourth-order valence-electron chi connectivity index (χ4n) is 2.90. The van der Waals surface area contributed by atoms with Crippen molar-refractivity contribution in [3.8, 4) is 0 Å². The van der Waals surface area contributed by atoms with Crippen LogP contribution in [-0.2, 0) is 14.8 Å². The van der Waals surface area contributed by atoms with E-state index in [2.05, 4.69) is 10.0 Å². The Kier molecular flexibility index (Phi) is 7.48. The predicted octanol–water partition coefficient (Wildman–Crippen LogP) is 3.84. The van der Waals surface area contributed by atoms with E-state index in [1.807, 2.05) is 20.8 Å². The molecule has 0 aliphatic heterocycles. The molecule has 0 aliphatic carbocycles. The average Bonchev–Trinajstić information content (AvgIpc) is 2.60. The summed E-state index contributed by atoms with van der Waals surface area (Å²) in [6.45, 7) is 7.12. The molecular weight excluding hydrogens is 398 g/mol. The summed E-state index contributed by atoms with van der Waals surface area (Å²) in [7, 11) is -3.92. The lowest BCUT2D eigenvalue weighted by Gasteiger charge is -2.23. The van der Waals surface area contributed by atoms with Crippen LogP contribution in [0.3, 0.4) is 0 Å². The third-order valence-corrected chi connectivity index (χ3v) is 5.93. The molecule has 2 atom stereocenters. The van der Waals surface area contributed by atoms with Gasteiger partial charge < -0.3 is 5.32 Å². The number of carbonyl (C=O) groups is 1. The van der Waals surface area contributed by atoms with Gasteiger partial charge in [0.25, 0.3) is 0 Å². The summed E-state index contributed by atoms with van der Waals surface area (Å²) >= 11 is 0. The molecule has 5 nitrogen and oxygen atoms in total. The molecule has 0 saturated carbocycles. The van der Waals surface area contributed by atoms with Gasteiger partial charge in [-0.2, -0.15) is 4.72 Å². The molecule has 0 saturated heterocycles. The van der Waals surface area contributed by atoms with Crippen molar-refractivity contribution >= 4 is 15.9 Å². The molecule has 0 aliphatic rings. The van der Waals surface area contributed by atoms with Crippen molar-refractivity contribution in [2.45, 2.75) is 51.1 Å². The Morgan fingerprint density at radius 3 is 2.21 bits per heavy atom. The maximum Gasteiger partial charge on any atom is 0.241 e. The maximum atomic E-state index is 14.0. The highest BCUT2D eigenvalue weighted by atomic mass is 32.2. The molecule has 2 unspecified atom stereocenters. The van der Waals surface area contributed by atoms with Crippen molar-refractivity contribution in [1.82, 2.24) is 10.0 Å². The molecular formula is C21H26F2N2O3S. The van der Waals surface area contributed by atoms with E-state index in [1.54, 1.807) is 19.1 Å². The topological polar surface area (TPSA) is 75.3 Å². The Hall–Kier alpha value is -2.32. The van der Waals surface area contributed by atoms with Crippen molar-refractivity contribution in [2.24, 2.45) is 5.92 Å². The maximum absolute atomic E-state index is 14.0. The Morgan fingerprint density at radius 1 is 1.03 bits per heavy atom. The number of aryl methyl sites for hydroxylation is 1. The first-order chi connectivity index (χ1) is 13.5. The standard InChI is InChI=1S/C21H26F2N2O3S/c1-13(2)11-20(25-29(27,28)17-8-5-14(3)6-9-17)21(26)24-15(4)18-10-7-16(22)12-19(18)23/h5-10,12-13,15,20,25H,11H2,1-4H3,(H,24,26). The first-order valence-electron chi connectivity index (χ1n) is 9.34. The third-order valence-electron chi connectivity index (χ3n) is 4.44. The normalized spacial score (nSPS) is 13.9. The zero-order chi connectivity index (χ0) is 21.8. The minimum absolute atomic E-state index is 0.0318. The molecule has 2 rings (SSSR count). The van der Waals surface area contributed by atoms with Crippen LogP contribution in [0.15, 0.2) is 47.4 Å². The van der Waals surface area contributed by atoms with Gasteiger partial charge in [0.15, 0.2) is 0 Å². The van der Waals surface area contributed by atoms with Gasteiger partial charge in [-0.15, -0.1) is 0 Å². The largest absolute Gasteiger partial charge is 0.348 e. The molecule has 1 amide bonds. The first-order valence-corrected chi connectivity index (χ1v) is 10.8. The number of halogens is 2. The molecule has 0 fully saturated rings. The molecule has 29 heavy (non-hydrogen) atoms. The summed E-state index contributed by atoms with van der Waals surface area (Å²) in [5.41, 5.74) is 1.03. The molecule has 0 heterocycles. The number of sulfonamides is 1. The molecule has 2 aromatic carbocycles. The summed E-state index contributed by atoms with van der Waals surface area (Å²) in [5, 5.41) is 2.62. The zero-order valence-corrected chi connectivity index (χ0v) is 17.7. The zero-order valence-electron chi connectivity index (χ0n) is 16.9. The summed E-state index contributed by atoms with van der Waals surface area (Å²) in [5.74, 6) is -2.04. The lowest BCUT2D eigenvalue weighted by atomic mass is 10.0. The van der Waals surface area contributed by atoms with Crippen LogP contribution in [0.4, 0.5) is 8.78 Å². The van der Waals surface area contributed by atoms with Crippen LogP contribution in [-0.4, -0.2) is 20.4 Å². The minimum Gasteiger partial charge on any atom is -0.348 e. The van der Waals surface area contributed by atoms with Gasteiger partial charge in [-0.05, 0) is 44.4 Å². The van der Waals surface area contributed by atoms with E-state index >= 15 is 0 Å². The number of rotatable bonds is 8. The van der Waals surface area contributed by atoms with Gasteiger partial charge in [0.1, 0.15) is 17.7 Å². The van der Waals surface area contributed by atoms with Crippen LogP contribution in [0.1, 0.15) is 44.4 Å². The predicted molar refractivity (Wildman–Crippen MR) is 108 cm³/mol. The van der Waals surface area contributed by atoms with E-state index in [0.717, 1.165) is 17.7 Å². The van der Waals surface area contributed by atoms with Gasteiger partial charge in [0.2, 0.25) is 15.9 Å². The minimum atomic E-state index is -3.92. The first kappa shape index (κ1) is 23.0. The second-order valence-electron chi connectivity index (χ2n) is 7.51. The highest BCUT2D eigenvalue weighted by Crippen LogP contribution is 2.19. The van der Waals surface area contributed by atoms with Gasteiger partial charge in [0, 0.05) is 11.6 Å². The van der Waals surface area contributed by atoms with Crippen LogP contribution >= 0.6 is 0 Å². The quantitative estimate of drug-likeness (QED) is 0.676. The SMILES string of the molecule is Cc1ccc(S(=O)(=O)NC(CC(C)C)C(=O)NC(C)c2ccc(F)cc2F)cc1. The van der Waals surface area contributed by atoms with E-state index in [0.29, 0.717) is 0 Å². The second-order valence-corrected chi connectivity index (χ2v) is 9.23. The van der Waals surface area contributed by atoms with E-state index in [-0.39, 0.29) is 22.8 Å². The smallest absolute Gasteiger partial charge is 0.241 e. The molecule has 2 N–H and O–H groups in total. The number of benzene rings is 2. The number of amides is 1.